The summed E-state index contributed by atoms with van der Waals surface area (Å²) in [5, 5.41) is 19.6. The lowest BCUT2D eigenvalue weighted by Crippen LogP contribution is -2.51. The van der Waals surface area contributed by atoms with Crippen LogP contribution in [0.3, 0.4) is 0 Å². The third-order valence-electron chi connectivity index (χ3n) is 8.29. The SMILES string of the molecule is Cc1noc([C@H]2[C@]3(C(=O)N(c4ccccc4)c4ccccc43)C(=S)N[C@]23C(=O)N(C)c2ccccc23)c1[N+](=O)[O-]. The summed E-state index contributed by atoms with van der Waals surface area (Å²) < 4.78 is 5.73. The number of aromatic nitrogens is 1. The lowest BCUT2D eigenvalue weighted by atomic mass is 9.63. The molecule has 3 atom stereocenters. The average molecular weight is 552 g/mol. The molecule has 0 aliphatic carbocycles. The summed E-state index contributed by atoms with van der Waals surface area (Å²) in [7, 11) is 1.63. The molecule has 4 heterocycles. The van der Waals surface area contributed by atoms with Crippen molar-refractivity contribution < 1.29 is 19.0 Å². The second kappa shape index (κ2) is 8.06. The molecule has 2 spiro atoms. The molecule has 7 rings (SSSR count). The maximum Gasteiger partial charge on any atom is 0.334 e. The Hall–Kier alpha value is -4.90. The van der Waals surface area contributed by atoms with Crippen LogP contribution in [0.15, 0.2) is 83.4 Å². The van der Waals surface area contributed by atoms with Crippen LogP contribution in [0.1, 0.15) is 28.5 Å². The average Bonchev–Trinajstić information content (AvgIpc) is 3.62. The fraction of sp³-hybridized carbons (Fsp3) is 0.172. The fourth-order valence-corrected chi connectivity index (χ4v) is 7.19. The Kier molecular flexibility index (Phi) is 4.87. The first-order valence-electron chi connectivity index (χ1n) is 12.6. The number of hydrogen-bond donors (Lipinski definition) is 1. The van der Waals surface area contributed by atoms with Gasteiger partial charge in [0, 0.05) is 24.0 Å². The molecule has 3 aromatic carbocycles. The molecule has 0 bridgehead atoms. The van der Waals surface area contributed by atoms with Crippen molar-refractivity contribution in [3.05, 3.63) is 112 Å². The molecule has 1 aromatic heterocycles. The van der Waals surface area contributed by atoms with Crippen molar-refractivity contribution in [3.63, 3.8) is 0 Å². The highest BCUT2D eigenvalue weighted by molar-refractivity contribution is 7.80. The van der Waals surface area contributed by atoms with Crippen molar-refractivity contribution in [1.82, 2.24) is 10.5 Å². The molecule has 10 nitrogen and oxygen atoms in total. The highest BCUT2D eigenvalue weighted by Crippen LogP contribution is 2.65. The molecule has 1 N–H and O–H groups in total. The number of amides is 2. The van der Waals surface area contributed by atoms with E-state index in [1.54, 1.807) is 66.5 Å². The summed E-state index contributed by atoms with van der Waals surface area (Å²) in [6.07, 6.45) is 0. The second-order valence-electron chi connectivity index (χ2n) is 10.1. The number of benzene rings is 3. The van der Waals surface area contributed by atoms with Gasteiger partial charge in [0.1, 0.15) is 5.41 Å². The van der Waals surface area contributed by atoms with Gasteiger partial charge in [0.25, 0.3) is 5.91 Å². The highest BCUT2D eigenvalue weighted by atomic mass is 32.1. The first-order chi connectivity index (χ1) is 19.3. The van der Waals surface area contributed by atoms with Crippen LogP contribution in [-0.4, -0.2) is 33.9 Å². The molecule has 1 saturated heterocycles. The number of likely N-dealkylation sites (N-methyl/N-ethyl adjacent to an activating group) is 1. The molecule has 198 valence electrons. The molecule has 3 aliphatic heterocycles. The second-order valence-corrected chi connectivity index (χ2v) is 10.5. The normalized spacial score (nSPS) is 24.6. The van der Waals surface area contributed by atoms with Crippen LogP contribution in [0.2, 0.25) is 0 Å². The molecular formula is C29H21N5O5S. The van der Waals surface area contributed by atoms with Gasteiger partial charge in [-0.1, -0.05) is 72.0 Å². The zero-order chi connectivity index (χ0) is 28.0. The Morgan fingerprint density at radius 2 is 1.57 bits per heavy atom. The van der Waals surface area contributed by atoms with Crippen molar-refractivity contribution in [2.24, 2.45) is 0 Å². The van der Waals surface area contributed by atoms with Crippen molar-refractivity contribution in [2.45, 2.75) is 23.8 Å². The molecule has 1 fully saturated rings. The van der Waals surface area contributed by atoms with E-state index in [1.165, 1.54) is 11.8 Å². The molecule has 3 aliphatic rings. The molecule has 11 heteroatoms. The number of carbonyl (C=O) groups excluding carboxylic acids is 2. The topological polar surface area (TPSA) is 122 Å². The molecule has 4 aromatic rings. The minimum absolute atomic E-state index is 0.0360. The van der Waals surface area contributed by atoms with Gasteiger partial charge in [-0.05, 0) is 36.8 Å². The minimum Gasteiger partial charge on any atom is -0.360 e. The monoisotopic (exact) mass is 551 g/mol. The van der Waals surface area contributed by atoms with Crippen LogP contribution in [0.4, 0.5) is 22.7 Å². The zero-order valence-corrected chi connectivity index (χ0v) is 22.1. The fourth-order valence-electron chi connectivity index (χ4n) is 6.72. The third kappa shape index (κ3) is 2.67. The van der Waals surface area contributed by atoms with E-state index in [2.05, 4.69) is 10.5 Å². The number of anilines is 3. The number of nitro groups is 1. The Morgan fingerprint density at radius 1 is 0.950 bits per heavy atom. The van der Waals surface area contributed by atoms with Gasteiger partial charge in [0.2, 0.25) is 11.7 Å². The lowest BCUT2D eigenvalue weighted by molar-refractivity contribution is -0.386. The van der Waals surface area contributed by atoms with Gasteiger partial charge < -0.3 is 14.7 Å². The van der Waals surface area contributed by atoms with E-state index in [9.17, 15) is 19.7 Å². The number of nitrogens with zero attached hydrogens (tertiary/aromatic N) is 4. The number of rotatable bonds is 3. The standard InChI is InChI=1S/C29H21N5O5S/c1-16-22(34(37)38)23(39-31-16)24-28(25(40)30-29(24)19-13-7-8-14-20(19)32(2)27(29)36)18-12-6-9-15-21(18)33(26(28)35)17-10-4-3-5-11-17/h3-15,24H,1-2H3,(H,30,40)/t24-,28-,29-/m0/s1. The van der Waals surface area contributed by atoms with Crippen LogP contribution >= 0.6 is 12.2 Å². The van der Waals surface area contributed by atoms with E-state index in [4.69, 9.17) is 16.7 Å². The maximum absolute atomic E-state index is 15.0. The Bertz CT molecular complexity index is 1790. The van der Waals surface area contributed by atoms with E-state index >= 15 is 0 Å². The van der Waals surface area contributed by atoms with Crippen molar-refractivity contribution >= 4 is 51.8 Å². The van der Waals surface area contributed by atoms with Crippen molar-refractivity contribution in [2.75, 3.05) is 16.8 Å². The summed E-state index contributed by atoms with van der Waals surface area (Å²) >= 11 is 6.01. The quantitative estimate of drug-likeness (QED) is 0.226. The highest BCUT2D eigenvalue weighted by Gasteiger charge is 2.76. The molecule has 0 saturated carbocycles. The zero-order valence-electron chi connectivity index (χ0n) is 21.3. The summed E-state index contributed by atoms with van der Waals surface area (Å²) in [4.78, 5) is 44.3. The minimum atomic E-state index is -1.72. The van der Waals surface area contributed by atoms with Crippen LogP contribution in [-0.2, 0) is 20.5 Å². The molecule has 2 amide bonds. The number of hydrogen-bond acceptors (Lipinski definition) is 7. The Morgan fingerprint density at radius 3 is 2.27 bits per heavy atom. The van der Waals surface area contributed by atoms with E-state index < -0.39 is 39.3 Å². The van der Waals surface area contributed by atoms with E-state index in [-0.39, 0.29) is 16.4 Å². The summed E-state index contributed by atoms with van der Waals surface area (Å²) in [6.45, 7) is 1.46. The van der Waals surface area contributed by atoms with Crippen LogP contribution in [0.25, 0.3) is 0 Å². The van der Waals surface area contributed by atoms with Gasteiger partial charge >= 0.3 is 5.69 Å². The van der Waals surface area contributed by atoms with Crippen LogP contribution in [0, 0.1) is 17.0 Å². The predicted octanol–water partition coefficient (Wildman–Crippen LogP) is 4.39. The Labute approximate surface area is 233 Å². The van der Waals surface area contributed by atoms with Crippen LogP contribution in [0.5, 0.6) is 0 Å². The number of aryl methyl sites for hydroxylation is 1. The van der Waals surface area contributed by atoms with Gasteiger partial charge in [-0.25, -0.2) is 0 Å². The van der Waals surface area contributed by atoms with Gasteiger partial charge in [-0.2, -0.15) is 0 Å². The van der Waals surface area contributed by atoms with Gasteiger partial charge in [-0.3, -0.25) is 24.6 Å². The van der Waals surface area contributed by atoms with E-state index in [1.807, 2.05) is 24.3 Å². The summed E-state index contributed by atoms with van der Waals surface area (Å²) in [6, 6.07) is 23.4. The molecule has 0 unspecified atom stereocenters. The summed E-state index contributed by atoms with van der Waals surface area (Å²) in [5.41, 5.74) is -0.922. The van der Waals surface area contributed by atoms with Gasteiger partial charge in [0.05, 0.1) is 21.5 Å². The van der Waals surface area contributed by atoms with Gasteiger partial charge in [0.15, 0.2) is 11.2 Å². The number of nitrogens with one attached hydrogen (secondary N) is 1. The maximum atomic E-state index is 15.0. The van der Waals surface area contributed by atoms with E-state index in [0.717, 1.165) is 0 Å². The first-order valence-corrected chi connectivity index (χ1v) is 13.0. The van der Waals surface area contributed by atoms with Gasteiger partial charge in [-0.15, -0.1) is 0 Å². The number of para-hydroxylation sites is 3. The largest absolute Gasteiger partial charge is 0.360 e. The number of fused-ring (bicyclic) bond motifs is 4. The summed E-state index contributed by atoms with van der Waals surface area (Å²) in [5.74, 6) is -2.31. The first kappa shape index (κ1) is 24.2. The van der Waals surface area contributed by atoms with Crippen molar-refractivity contribution in [3.8, 4) is 0 Å². The lowest BCUT2D eigenvalue weighted by Gasteiger charge is -2.33. The number of thiocarbonyl (C=S) groups is 1. The Balaban J connectivity index is 1.61. The smallest absolute Gasteiger partial charge is 0.334 e. The van der Waals surface area contributed by atoms with E-state index in [0.29, 0.717) is 28.2 Å². The predicted molar refractivity (Wildman–Crippen MR) is 150 cm³/mol. The molecule has 40 heavy (non-hydrogen) atoms. The molecular weight excluding hydrogens is 530 g/mol. The molecule has 0 radical (unpaired) electrons. The number of carbonyl (C=O) groups is 2. The third-order valence-corrected chi connectivity index (χ3v) is 8.72. The van der Waals surface area contributed by atoms with Crippen LogP contribution < -0.4 is 15.1 Å². The van der Waals surface area contributed by atoms with Crippen molar-refractivity contribution in [1.29, 1.82) is 0 Å².